The summed E-state index contributed by atoms with van der Waals surface area (Å²) in [4.78, 5) is 23.0. The summed E-state index contributed by atoms with van der Waals surface area (Å²) < 4.78 is 0. The number of amides is 1. The predicted molar refractivity (Wildman–Crippen MR) is 72.6 cm³/mol. The normalized spacial score (nSPS) is 29.0. The molecule has 2 rings (SSSR count). The number of hydrogen-bond donors (Lipinski definition) is 2. The number of nitrogens with one attached hydrogen (secondary N) is 1. The van der Waals surface area contributed by atoms with Gasteiger partial charge in [-0.05, 0) is 50.4 Å². The van der Waals surface area contributed by atoms with E-state index in [0.29, 0.717) is 11.8 Å². The number of aliphatic carboxylic acids is 1. The van der Waals surface area contributed by atoms with Crippen LogP contribution in [-0.4, -0.2) is 23.0 Å². The van der Waals surface area contributed by atoms with E-state index >= 15 is 0 Å². The van der Waals surface area contributed by atoms with Crippen LogP contribution in [0.5, 0.6) is 0 Å². The molecule has 19 heavy (non-hydrogen) atoms. The number of carbonyl (C=O) groups is 2. The zero-order valence-electron chi connectivity index (χ0n) is 11.9. The maximum absolute atomic E-state index is 12.3. The third-order valence-electron chi connectivity index (χ3n) is 4.99. The van der Waals surface area contributed by atoms with Crippen LogP contribution in [0.1, 0.15) is 58.8 Å². The molecule has 108 valence electrons. The largest absolute Gasteiger partial charge is 0.481 e. The Morgan fingerprint density at radius 1 is 1.21 bits per heavy atom. The fourth-order valence-electron chi connectivity index (χ4n) is 3.29. The summed E-state index contributed by atoms with van der Waals surface area (Å²) in [5.41, 5.74) is -0.0993. The molecule has 0 saturated heterocycles. The lowest BCUT2D eigenvalue weighted by Gasteiger charge is -2.30. The Kier molecular flexibility index (Phi) is 4.16. The lowest BCUT2D eigenvalue weighted by molar-refractivity contribution is -0.138. The van der Waals surface area contributed by atoms with Crippen LogP contribution in [0.15, 0.2) is 0 Å². The smallest absolute Gasteiger partial charge is 0.303 e. The van der Waals surface area contributed by atoms with Crippen molar-refractivity contribution in [2.24, 2.45) is 17.3 Å². The molecule has 4 nitrogen and oxygen atoms in total. The number of rotatable bonds is 5. The standard InChI is InChI=1S/C15H25NO3/c1-10(2)15(7-8-15)14(19)16-12-5-3-11(4-6-12)9-13(17)18/h10-12H,3-9H2,1-2H3,(H,16,19)(H,17,18). The number of carboxylic acids is 1. The second-order valence-corrected chi connectivity index (χ2v) is 6.60. The second-order valence-electron chi connectivity index (χ2n) is 6.60. The molecular weight excluding hydrogens is 242 g/mol. The molecule has 0 spiro atoms. The van der Waals surface area contributed by atoms with Crippen molar-refractivity contribution in [3.8, 4) is 0 Å². The molecular formula is C15H25NO3. The van der Waals surface area contributed by atoms with E-state index in [-0.39, 0.29) is 23.8 Å². The summed E-state index contributed by atoms with van der Waals surface area (Å²) in [5, 5.41) is 12.0. The highest BCUT2D eigenvalue weighted by atomic mass is 16.4. The van der Waals surface area contributed by atoms with E-state index in [2.05, 4.69) is 19.2 Å². The van der Waals surface area contributed by atoms with Crippen LogP contribution in [0, 0.1) is 17.3 Å². The van der Waals surface area contributed by atoms with Gasteiger partial charge >= 0.3 is 5.97 Å². The first-order valence-corrected chi connectivity index (χ1v) is 7.47. The topological polar surface area (TPSA) is 66.4 Å². The summed E-state index contributed by atoms with van der Waals surface area (Å²) in [6.07, 6.45) is 6.01. The van der Waals surface area contributed by atoms with Crippen molar-refractivity contribution in [2.45, 2.75) is 64.8 Å². The molecule has 0 bridgehead atoms. The molecule has 1 amide bonds. The van der Waals surface area contributed by atoms with Crippen LogP contribution in [0.2, 0.25) is 0 Å². The van der Waals surface area contributed by atoms with Gasteiger partial charge in [-0.15, -0.1) is 0 Å². The van der Waals surface area contributed by atoms with Gasteiger partial charge in [0.15, 0.2) is 0 Å². The Balaban J connectivity index is 1.77. The zero-order valence-corrected chi connectivity index (χ0v) is 11.9. The van der Waals surface area contributed by atoms with Gasteiger partial charge in [0.2, 0.25) is 5.91 Å². The molecule has 0 aromatic rings. The molecule has 0 aromatic heterocycles. The Morgan fingerprint density at radius 3 is 2.21 bits per heavy atom. The molecule has 0 heterocycles. The monoisotopic (exact) mass is 267 g/mol. The van der Waals surface area contributed by atoms with Gasteiger partial charge in [0.05, 0.1) is 5.41 Å². The van der Waals surface area contributed by atoms with Gasteiger partial charge in [-0.3, -0.25) is 9.59 Å². The van der Waals surface area contributed by atoms with E-state index < -0.39 is 5.97 Å². The molecule has 0 unspecified atom stereocenters. The first-order valence-electron chi connectivity index (χ1n) is 7.47. The minimum Gasteiger partial charge on any atom is -0.481 e. The van der Waals surface area contributed by atoms with Gasteiger partial charge < -0.3 is 10.4 Å². The summed E-state index contributed by atoms with van der Waals surface area (Å²) >= 11 is 0. The highest BCUT2D eigenvalue weighted by Gasteiger charge is 2.52. The Morgan fingerprint density at radius 2 is 1.79 bits per heavy atom. The number of carbonyl (C=O) groups excluding carboxylic acids is 1. The highest BCUT2D eigenvalue weighted by molar-refractivity contribution is 5.85. The van der Waals surface area contributed by atoms with Crippen molar-refractivity contribution >= 4 is 11.9 Å². The molecule has 2 aliphatic carbocycles. The molecule has 0 aromatic carbocycles. The fraction of sp³-hybridized carbons (Fsp3) is 0.867. The van der Waals surface area contributed by atoms with E-state index in [0.717, 1.165) is 38.5 Å². The SMILES string of the molecule is CC(C)C1(C(=O)NC2CCC(CC(=O)O)CC2)CC1. The lowest BCUT2D eigenvalue weighted by atomic mass is 9.83. The van der Waals surface area contributed by atoms with Crippen LogP contribution in [0.3, 0.4) is 0 Å². The Bertz CT molecular complexity index is 352. The minimum atomic E-state index is -0.704. The van der Waals surface area contributed by atoms with Crippen LogP contribution in [-0.2, 0) is 9.59 Å². The second kappa shape index (κ2) is 5.51. The third-order valence-corrected chi connectivity index (χ3v) is 4.99. The Labute approximate surface area is 115 Å². The van der Waals surface area contributed by atoms with Crippen LogP contribution < -0.4 is 5.32 Å². The van der Waals surface area contributed by atoms with Crippen molar-refractivity contribution in [1.29, 1.82) is 0 Å². The lowest BCUT2D eigenvalue weighted by Crippen LogP contribution is -2.43. The average Bonchev–Trinajstić information content (AvgIpc) is 3.12. The number of hydrogen-bond acceptors (Lipinski definition) is 2. The molecule has 2 fully saturated rings. The van der Waals surface area contributed by atoms with Gasteiger partial charge in [-0.1, -0.05) is 13.8 Å². The molecule has 0 atom stereocenters. The highest BCUT2D eigenvalue weighted by Crippen LogP contribution is 2.52. The first kappa shape index (κ1) is 14.4. The Hall–Kier alpha value is -1.06. The van der Waals surface area contributed by atoms with Crippen molar-refractivity contribution in [2.75, 3.05) is 0 Å². The van der Waals surface area contributed by atoms with E-state index in [1.165, 1.54) is 0 Å². The van der Waals surface area contributed by atoms with Gasteiger partial charge in [0.25, 0.3) is 0 Å². The molecule has 2 saturated carbocycles. The van der Waals surface area contributed by atoms with E-state index in [1.54, 1.807) is 0 Å². The van der Waals surface area contributed by atoms with Gasteiger partial charge in [-0.2, -0.15) is 0 Å². The summed E-state index contributed by atoms with van der Waals surface area (Å²) in [7, 11) is 0. The summed E-state index contributed by atoms with van der Waals surface area (Å²) in [6.45, 7) is 4.24. The maximum atomic E-state index is 12.3. The molecule has 4 heteroatoms. The third kappa shape index (κ3) is 3.28. The van der Waals surface area contributed by atoms with Crippen molar-refractivity contribution < 1.29 is 14.7 Å². The predicted octanol–water partition coefficient (Wildman–Crippen LogP) is 2.57. The van der Waals surface area contributed by atoms with E-state index in [1.807, 2.05) is 0 Å². The van der Waals surface area contributed by atoms with Crippen molar-refractivity contribution in [3.05, 3.63) is 0 Å². The van der Waals surface area contributed by atoms with Crippen molar-refractivity contribution in [3.63, 3.8) is 0 Å². The van der Waals surface area contributed by atoms with Crippen LogP contribution >= 0.6 is 0 Å². The molecule has 2 N–H and O–H groups in total. The summed E-state index contributed by atoms with van der Waals surface area (Å²) in [5.74, 6) is 0.231. The van der Waals surface area contributed by atoms with Gasteiger partial charge in [0.1, 0.15) is 0 Å². The van der Waals surface area contributed by atoms with Crippen LogP contribution in [0.25, 0.3) is 0 Å². The summed E-state index contributed by atoms with van der Waals surface area (Å²) in [6, 6.07) is 0.258. The van der Waals surface area contributed by atoms with Crippen molar-refractivity contribution in [1.82, 2.24) is 5.32 Å². The molecule has 0 radical (unpaired) electrons. The number of carboxylic acid groups (broad SMARTS) is 1. The maximum Gasteiger partial charge on any atom is 0.303 e. The van der Waals surface area contributed by atoms with E-state index in [9.17, 15) is 9.59 Å². The zero-order chi connectivity index (χ0) is 14.0. The van der Waals surface area contributed by atoms with Gasteiger partial charge in [0, 0.05) is 12.5 Å². The first-order chi connectivity index (χ1) is 8.94. The quantitative estimate of drug-likeness (QED) is 0.804. The molecule has 0 aliphatic heterocycles. The fourth-order valence-corrected chi connectivity index (χ4v) is 3.29. The van der Waals surface area contributed by atoms with Gasteiger partial charge in [-0.25, -0.2) is 0 Å². The van der Waals surface area contributed by atoms with E-state index in [4.69, 9.17) is 5.11 Å². The average molecular weight is 267 g/mol. The minimum absolute atomic E-state index is 0.0993. The molecule has 2 aliphatic rings. The van der Waals surface area contributed by atoms with Crippen LogP contribution in [0.4, 0.5) is 0 Å².